The van der Waals surface area contributed by atoms with Crippen molar-refractivity contribution in [3.8, 4) is 11.5 Å². The fraction of sp³-hybridized carbons (Fsp3) is 0.667. The van der Waals surface area contributed by atoms with E-state index in [2.05, 4.69) is 0 Å². The van der Waals surface area contributed by atoms with Gasteiger partial charge in [0.1, 0.15) is 11.6 Å². The minimum Gasteiger partial charge on any atom is -0.480 e. The third-order valence-electron chi connectivity index (χ3n) is 6.46. The number of unbranched alkanes of at least 4 members (excludes halogenated alkanes) is 4. The number of carbonyl (C=O) groups excluding carboxylic acids is 3. The van der Waals surface area contributed by atoms with Gasteiger partial charge in [0.25, 0.3) is 0 Å². The Morgan fingerprint density at radius 2 is 1.44 bits per heavy atom. The van der Waals surface area contributed by atoms with Gasteiger partial charge in [-0.2, -0.15) is 0 Å². The van der Waals surface area contributed by atoms with Crippen LogP contribution in [0.3, 0.4) is 0 Å². The van der Waals surface area contributed by atoms with Gasteiger partial charge in [-0.3, -0.25) is 19.2 Å². The van der Waals surface area contributed by atoms with Gasteiger partial charge < -0.3 is 25.1 Å². The van der Waals surface area contributed by atoms with Gasteiger partial charge in [0.05, 0.1) is 5.92 Å². The molecule has 9 heteroatoms. The average Bonchev–Trinajstić information content (AvgIpc) is 2.85. The van der Waals surface area contributed by atoms with Gasteiger partial charge in [0, 0.05) is 25.7 Å². The molecule has 0 aromatic heterocycles. The molecule has 1 aromatic rings. The molecule has 2 unspecified atom stereocenters. The molecule has 0 saturated carbocycles. The summed E-state index contributed by atoms with van der Waals surface area (Å²) >= 11 is 0. The second kappa shape index (κ2) is 17.6. The minimum atomic E-state index is -1.76. The molecule has 39 heavy (non-hydrogen) atoms. The first-order chi connectivity index (χ1) is 18.4. The number of carboxylic acids is 1. The maximum atomic E-state index is 12.5. The summed E-state index contributed by atoms with van der Waals surface area (Å²) in [6.45, 7) is 9.42. The normalized spacial score (nSPS) is 14.1. The van der Waals surface area contributed by atoms with Crippen LogP contribution in [0.1, 0.15) is 111 Å². The second-order valence-corrected chi connectivity index (χ2v) is 10.4. The highest BCUT2D eigenvalue weighted by Crippen LogP contribution is 2.32. The third kappa shape index (κ3) is 12.6. The van der Waals surface area contributed by atoms with Gasteiger partial charge in [-0.25, -0.2) is 0 Å². The predicted octanol–water partition coefficient (Wildman–Crippen LogP) is 5.74. The SMILES string of the molecule is CCCCCC(=O)Oc1ccc(CC(N)(C[C@H](C)OC(=O)C(C)CCC)C(=O)O)cc1OC(=O)CCCCC. The monoisotopic (exact) mass is 549 g/mol. The predicted molar refractivity (Wildman–Crippen MR) is 148 cm³/mol. The Morgan fingerprint density at radius 3 is 1.95 bits per heavy atom. The molecule has 0 aliphatic rings. The Kier molecular flexibility index (Phi) is 15.4. The van der Waals surface area contributed by atoms with Crippen LogP contribution in [0.4, 0.5) is 0 Å². The van der Waals surface area contributed by atoms with E-state index in [0.29, 0.717) is 24.8 Å². The Hall–Kier alpha value is -2.94. The zero-order chi connectivity index (χ0) is 29.4. The molecule has 0 aliphatic heterocycles. The summed E-state index contributed by atoms with van der Waals surface area (Å²) in [5.41, 5.74) is 5.04. The molecular formula is C30H47NO8. The lowest BCUT2D eigenvalue weighted by Crippen LogP contribution is -2.52. The maximum Gasteiger partial charge on any atom is 0.324 e. The summed E-state index contributed by atoms with van der Waals surface area (Å²) < 4.78 is 16.5. The standard InChI is InChI=1S/C30H47NO8/c1-6-9-11-14-26(32)38-24-17-16-23(18-25(24)39-27(33)15-12-10-7-2)20-30(31,29(35)36)19-22(5)37-28(34)21(4)13-8-3/h16-18,21-22H,6-15,19-20,31H2,1-5H3,(H,35,36)/t21?,22-,30?/m0/s1. The van der Waals surface area contributed by atoms with Crippen LogP contribution in [0.5, 0.6) is 11.5 Å². The first kappa shape index (κ1) is 34.1. The van der Waals surface area contributed by atoms with Crippen molar-refractivity contribution in [3.05, 3.63) is 23.8 Å². The molecule has 0 bridgehead atoms. The van der Waals surface area contributed by atoms with Gasteiger partial charge in [-0.15, -0.1) is 0 Å². The number of benzene rings is 1. The van der Waals surface area contributed by atoms with E-state index in [9.17, 15) is 24.3 Å². The van der Waals surface area contributed by atoms with E-state index in [1.807, 2.05) is 20.8 Å². The summed E-state index contributed by atoms with van der Waals surface area (Å²) in [6, 6.07) is 4.56. The summed E-state index contributed by atoms with van der Waals surface area (Å²) in [5.74, 6) is -2.71. The summed E-state index contributed by atoms with van der Waals surface area (Å²) in [5, 5.41) is 9.96. The highest BCUT2D eigenvalue weighted by Gasteiger charge is 2.37. The number of nitrogens with two attached hydrogens (primary N) is 1. The van der Waals surface area contributed by atoms with Crippen LogP contribution in [0.15, 0.2) is 18.2 Å². The number of hydrogen-bond donors (Lipinski definition) is 2. The molecule has 220 valence electrons. The largest absolute Gasteiger partial charge is 0.480 e. The van der Waals surface area contributed by atoms with E-state index >= 15 is 0 Å². The van der Waals surface area contributed by atoms with Crippen LogP contribution in [0.2, 0.25) is 0 Å². The maximum absolute atomic E-state index is 12.5. The molecule has 0 spiro atoms. The molecule has 0 heterocycles. The first-order valence-electron chi connectivity index (χ1n) is 14.2. The molecule has 3 atom stereocenters. The van der Waals surface area contributed by atoms with E-state index in [1.165, 1.54) is 12.1 Å². The van der Waals surface area contributed by atoms with E-state index < -0.39 is 29.6 Å². The van der Waals surface area contributed by atoms with Crippen LogP contribution >= 0.6 is 0 Å². The van der Waals surface area contributed by atoms with E-state index in [0.717, 1.165) is 32.1 Å². The van der Waals surface area contributed by atoms with Gasteiger partial charge in [0.2, 0.25) is 0 Å². The number of rotatable bonds is 19. The van der Waals surface area contributed by atoms with Crippen molar-refractivity contribution >= 4 is 23.9 Å². The Morgan fingerprint density at radius 1 is 0.872 bits per heavy atom. The van der Waals surface area contributed by atoms with Crippen molar-refractivity contribution in [2.24, 2.45) is 11.7 Å². The van der Waals surface area contributed by atoms with Crippen molar-refractivity contribution in [1.82, 2.24) is 0 Å². The zero-order valence-corrected chi connectivity index (χ0v) is 24.3. The van der Waals surface area contributed by atoms with Gasteiger partial charge in [-0.05, 0) is 43.9 Å². The number of carboxylic acid groups (broad SMARTS) is 1. The zero-order valence-electron chi connectivity index (χ0n) is 24.3. The number of hydrogen-bond acceptors (Lipinski definition) is 8. The van der Waals surface area contributed by atoms with Gasteiger partial charge in [-0.1, -0.05) is 65.9 Å². The van der Waals surface area contributed by atoms with Crippen LogP contribution in [-0.4, -0.2) is 40.6 Å². The fourth-order valence-electron chi connectivity index (χ4n) is 4.23. The highest BCUT2D eigenvalue weighted by atomic mass is 16.6. The van der Waals surface area contributed by atoms with Crippen molar-refractivity contribution in [3.63, 3.8) is 0 Å². The van der Waals surface area contributed by atoms with E-state index in [1.54, 1.807) is 19.9 Å². The molecule has 0 radical (unpaired) electrons. The fourth-order valence-corrected chi connectivity index (χ4v) is 4.23. The number of aliphatic carboxylic acids is 1. The van der Waals surface area contributed by atoms with E-state index in [-0.39, 0.29) is 49.1 Å². The summed E-state index contributed by atoms with van der Waals surface area (Å²) in [7, 11) is 0. The number of carbonyl (C=O) groups is 4. The summed E-state index contributed by atoms with van der Waals surface area (Å²) in [4.78, 5) is 49.3. The van der Waals surface area contributed by atoms with Gasteiger partial charge >= 0.3 is 23.9 Å². The van der Waals surface area contributed by atoms with Crippen LogP contribution in [0.25, 0.3) is 0 Å². The molecule has 1 rings (SSSR count). The Bertz CT molecular complexity index is 947. The lowest BCUT2D eigenvalue weighted by Gasteiger charge is -2.28. The minimum absolute atomic E-state index is 0.0402. The topological polar surface area (TPSA) is 142 Å². The Labute approximate surface area is 232 Å². The van der Waals surface area contributed by atoms with Crippen LogP contribution in [-0.2, 0) is 30.3 Å². The van der Waals surface area contributed by atoms with Crippen LogP contribution < -0.4 is 15.2 Å². The molecular weight excluding hydrogens is 502 g/mol. The molecule has 9 nitrogen and oxygen atoms in total. The molecule has 0 fully saturated rings. The third-order valence-corrected chi connectivity index (χ3v) is 6.46. The molecule has 3 N–H and O–H groups in total. The highest BCUT2D eigenvalue weighted by molar-refractivity contribution is 5.80. The number of esters is 3. The first-order valence-corrected chi connectivity index (χ1v) is 14.2. The second-order valence-electron chi connectivity index (χ2n) is 10.4. The number of ether oxygens (including phenoxy) is 3. The lowest BCUT2D eigenvalue weighted by molar-refractivity contribution is -0.156. The van der Waals surface area contributed by atoms with Gasteiger partial charge in [0.15, 0.2) is 11.5 Å². The molecule has 0 amide bonds. The van der Waals surface area contributed by atoms with Crippen molar-refractivity contribution in [2.45, 2.75) is 123 Å². The molecule has 0 aliphatic carbocycles. The quantitative estimate of drug-likeness (QED) is 0.125. The van der Waals surface area contributed by atoms with Crippen LogP contribution in [0, 0.1) is 5.92 Å². The summed E-state index contributed by atoms with van der Waals surface area (Å²) in [6.07, 6.45) is 6.01. The smallest absolute Gasteiger partial charge is 0.324 e. The van der Waals surface area contributed by atoms with Crippen molar-refractivity contribution < 1.29 is 38.5 Å². The van der Waals surface area contributed by atoms with Crippen molar-refractivity contribution in [1.29, 1.82) is 0 Å². The molecule has 1 aromatic carbocycles. The van der Waals surface area contributed by atoms with Crippen molar-refractivity contribution in [2.75, 3.05) is 0 Å². The molecule has 0 saturated heterocycles. The Balaban J connectivity index is 3.12. The lowest BCUT2D eigenvalue weighted by atomic mass is 9.86. The average molecular weight is 550 g/mol. The van der Waals surface area contributed by atoms with E-state index in [4.69, 9.17) is 19.9 Å².